The molecule has 0 saturated heterocycles. The van der Waals surface area contributed by atoms with Gasteiger partial charge in [-0.05, 0) is 69.0 Å². The van der Waals surface area contributed by atoms with Gasteiger partial charge in [0.25, 0.3) is 5.91 Å². The molecule has 0 unspecified atom stereocenters. The Balaban J connectivity index is 1.82. The van der Waals surface area contributed by atoms with Crippen LogP contribution in [-0.2, 0) is 11.8 Å². The normalized spacial score (nSPS) is 35.0. The van der Waals surface area contributed by atoms with E-state index < -0.39 is 23.0 Å². The van der Waals surface area contributed by atoms with E-state index in [-0.39, 0.29) is 17.4 Å². The third-order valence-corrected chi connectivity index (χ3v) is 7.76. The molecule has 2 saturated carbocycles. The van der Waals surface area contributed by atoms with Gasteiger partial charge in [-0.3, -0.25) is 4.79 Å². The first-order valence-electron chi connectivity index (χ1n) is 10.6. The predicted molar refractivity (Wildman–Crippen MR) is 106 cm³/mol. The number of aromatic hydroxyl groups is 1. The van der Waals surface area contributed by atoms with Gasteiger partial charge in [-0.2, -0.15) is 0 Å². The van der Waals surface area contributed by atoms with Crippen molar-refractivity contribution in [3.05, 3.63) is 28.8 Å². The summed E-state index contributed by atoms with van der Waals surface area (Å²) >= 11 is 0. The number of fused-ring (bicyclic) bond motifs is 3. The number of hydrogen-bond acceptors (Lipinski definition) is 5. The molecule has 3 aliphatic carbocycles. The molecule has 0 aliphatic heterocycles. The van der Waals surface area contributed by atoms with E-state index in [1.807, 2.05) is 13.0 Å². The number of aliphatic hydroxyl groups excluding tert-OH is 1. The van der Waals surface area contributed by atoms with Gasteiger partial charge in [0.05, 0.1) is 17.3 Å². The smallest absolute Gasteiger partial charge is 0.252 e. The van der Waals surface area contributed by atoms with E-state index in [4.69, 9.17) is 5.73 Å². The summed E-state index contributed by atoms with van der Waals surface area (Å²) in [6.45, 7) is 2.87. The van der Waals surface area contributed by atoms with Crippen molar-refractivity contribution in [3.63, 3.8) is 0 Å². The monoisotopic (exact) mass is 388 g/mol. The topological polar surface area (TPSA) is 116 Å². The number of hydrogen-bond donors (Lipinski definition) is 5. The van der Waals surface area contributed by atoms with Crippen LogP contribution >= 0.6 is 0 Å². The summed E-state index contributed by atoms with van der Waals surface area (Å²) in [5.74, 6) is -0.144. The van der Waals surface area contributed by atoms with E-state index >= 15 is 0 Å². The van der Waals surface area contributed by atoms with Gasteiger partial charge in [-0.15, -0.1) is 0 Å². The van der Waals surface area contributed by atoms with Crippen molar-refractivity contribution in [2.24, 2.45) is 11.7 Å². The fourth-order valence-electron chi connectivity index (χ4n) is 5.93. The van der Waals surface area contributed by atoms with E-state index in [0.717, 1.165) is 12.1 Å². The number of carbonyl (C=O) groups is 1. The molecule has 6 nitrogen and oxygen atoms in total. The molecule has 1 aromatic carbocycles. The zero-order valence-electron chi connectivity index (χ0n) is 16.6. The number of nitrogens with one attached hydrogen (secondary N) is 1. The van der Waals surface area contributed by atoms with Crippen LogP contribution in [-0.4, -0.2) is 45.5 Å². The summed E-state index contributed by atoms with van der Waals surface area (Å²) in [6, 6.07) is 3.28. The van der Waals surface area contributed by atoms with Crippen LogP contribution in [0.4, 0.5) is 0 Å². The Morgan fingerprint density at radius 2 is 2.07 bits per heavy atom. The lowest BCUT2D eigenvalue weighted by atomic mass is 9.50. The maximum absolute atomic E-state index is 12.0. The minimum absolute atomic E-state index is 0.0786. The first-order chi connectivity index (χ1) is 13.3. The van der Waals surface area contributed by atoms with E-state index in [0.29, 0.717) is 43.6 Å². The molecule has 3 aliphatic rings. The van der Waals surface area contributed by atoms with Crippen LogP contribution < -0.4 is 11.1 Å². The minimum Gasteiger partial charge on any atom is -0.507 e. The maximum Gasteiger partial charge on any atom is 0.252 e. The zero-order valence-corrected chi connectivity index (χ0v) is 16.6. The molecule has 4 rings (SSSR count). The number of aliphatic hydroxyl groups is 2. The Morgan fingerprint density at radius 1 is 1.32 bits per heavy atom. The molecular formula is C22H32N2O4. The summed E-state index contributed by atoms with van der Waals surface area (Å²) in [6.07, 6.45) is 5.70. The SMILES string of the molecule is CC[C@]12C[C@H](O)CC[C@@]1(O)[C@H](NCC1CCC1)Cc1ccc(C(N)=O)c(O)c12. The highest BCUT2D eigenvalue weighted by Gasteiger charge is 2.61. The van der Waals surface area contributed by atoms with Crippen LogP contribution in [0.1, 0.15) is 73.4 Å². The van der Waals surface area contributed by atoms with E-state index in [1.165, 1.54) is 19.3 Å². The quantitative estimate of drug-likeness (QED) is 0.527. The first-order valence-corrected chi connectivity index (χ1v) is 10.6. The van der Waals surface area contributed by atoms with Gasteiger partial charge >= 0.3 is 0 Å². The second kappa shape index (κ2) is 7.01. The molecule has 1 aromatic rings. The second-order valence-electron chi connectivity index (χ2n) is 9.08. The van der Waals surface area contributed by atoms with Crippen molar-refractivity contribution >= 4 is 5.91 Å². The number of amides is 1. The molecular weight excluding hydrogens is 356 g/mol. The molecule has 0 spiro atoms. The van der Waals surface area contributed by atoms with Crippen LogP contribution in [0.2, 0.25) is 0 Å². The highest BCUT2D eigenvalue weighted by molar-refractivity contribution is 5.96. The summed E-state index contributed by atoms with van der Waals surface area (Å²) in [7, 11) is 0. The van der Waals surface area contributed by atoms with Gasteiger partial charge < -0.3 is 26.4 Å². The number of nitrogens with two attached hydrogens (primary N) is 1. The lowest BCUT2D eigenvalue weighted by molar-refractivity contribution is -0.132. The molecule has 154 valence electrons. The number of rotatable bonds is 5. The summed E-state index contributed by atoms with van der Waals surface area (Å²) in [5.41, 5.74) is 5.17. The maximum atomic E-state index is 12.0. The lowest BCUT2D eigenvalue weighted by Crippen LogP contribution is -2.69. The molecule has 4 atom stereocenters. The third-order valence-electron chi connectivity index (χ3n) is 7.76. The van der Waals surface area contributed by atoms with Crippen molar-refractivity contribution in [2.45, 2.75) is 81.5 Å². The summed E-state index contributed by atoms with van der Waals surface area (Å²) in [5, 5.41) is 37.1. The van der Waals surface area contributed by atoms with E-state index in [9.17, 15) is 20.1 Å². The summed E-state index contributed by atoms with van der Waals surface area (Å²) < 4.78 is 0. The Hall–Kier alpha value is -1.63. The van der Waals surface area contributed by atoms with Crippen molar-refractivity contribution in [2.75, 3.05) is 6.54 Å². The van der Waals surface area contributed by atoms with E-state index in [2.05, 4.69) is 5.32 Å². The average Bonchev–Trinajstić information content (AvgIpc) is 2.61. The number of primary amides is 1. The van der Waals surface area contributed by atoms with Gasteiger partial charge in [0, 0.05) is 17.0 Å². The Labute approximate surface area is 166 Å². The molecule has 2 fully saturated rings. The molecule has 0 aromatic heterocycles. The summed E-state index contributed by atoms with van der Waals surface area (Å²) in [4.78, 5) is 11.8. The van der Waals surface area contributed by atoms with Crippen LogP contribution in [0.15, 0.2) is 12.1 Å². The number of benzene rings is 1. The predicted octanol–water partition coefficient (Wildman–Crippen LogP) is 1.73. The zero-order chi connectivity index (χ0) is 20.1. The number of phenols is 1. The molecule has 28 heavy (non-hydrogen) atoms. The molecule has 6 N–H and O–H groups in total. The van der Waals surface area contributed by atoms with Gasteiger partial charge in [-0.1, -0.05) is 19.4 Å². The van der Waals surface area contributed by atoms with Crippen molar-refractivity contribution < 1.29 is 20.1 Å². The molecule has 1 amide bonds. The molecule has 6 heteroatoms. The molecule has 0 radical (unpaired) electrons. The Morgan fingerprint density at radius 3 is 2.68 bits per heavy atom. The van der Waals surface area contributed by atoms with Gasteiger partial charge in [0.15, 0.2) is 0 Å². The largest absolute Gasteiger partial charge is 0.507 e. The van der Waals surface area contributed by atoms with Gasteiger partial charge in [0.1, 0.15) is 5.75 Å². The van der Waals surface area contributed by atoms with Crippen LogP contribution in [0, 0.1) is 5.92 Å². The Kier molecular flexibility index (Phi) is 4.92. The fraction of sp³-hybridized carbons (Fsp3) is 0.682. The molecule has 0 bridgehead atoms. The third kappa shape index (κ3) is 2.77. The van der Waals surface area contributed by atoms with Gasteiger partial charge in [0.2, 0.25) is 0 Å². The fourth-order valence-corrected chi connectivity index (χ4v) is 5.93. The van der Waals surface area contributed by atoms with Crippen molar-refractivity contribution in [1.29, 1.82) is 0 Å². The first kappa shape index (κ1) is 19.7. The number of carbonyl (C=O) groups excluding carboxylic acids is 1. The van der Waals surface area contributed by atoms with Gasteiger partial charge in [-0.25, -0.2) is 0 Å². The standard InChI is InChI=1S/C22H32N2O4/c1-2-21-11-15(25)8-9-22(21,28)17(24-12-13-4-3-5-13)10-14-6-7-16(20(23)27)19(26)18(14)21/h6-7,13,15,17,24-26,28H,2-5,8-12H2,1H3,(H2,23,27)/t15-,17-,21-,22-/m1/s1. The lowest BCUT2D eigenvalue weighted by Gasteiger charge is -2.59. The van der Waals surface area contributed by atoms with Crippen LogP contribution in [0.3, 0.4) is 0 Å². The molecule has 0 heterocycles. The Bertz CT molecular complexity index is 778. The van der Waals surface area contributed by atoms with Crippen molar-refractivity contribution in [3.8, 4) is 5.75 Å². The average molecular weight is 389 g/mol. The minimum atomic E-state index is -1.09. The highest BCUT2D eigenvalue weighted by atomic mass is 16.3. The van der Waals surface area contributed by atoms with Crippen LogP contribution in [0.25, 0.3) is 0 Å². The van der Waals surface area contributed by atoms with Crippen LogP contribution in [0.5, 0.6) is 5.75 Å². The highest BCUT2D eigenvalue weighted by Crippen LogP contribution is 2.57. The van der Waals surface area contributed by atoms with Crippen molar-refractivity contribution in [1.82, 2.24) is 5.32 Å². The van der Waals surface area contributed by atoms with E-state index in [1.54, 1.807) is 6.07 Å². The second-order valence-corrected chi connectivity index (χ2v) is 9.08.